The van der Waals surface area contributed by atoms with Crippen molar-refractivity contribution in [1.29, 1.82) is 0 Å². The van der Waals surface area contributed by atoms with Crippen LogP contribution in [0.15, 0.2) is 12.1 Å². The van der Waals surface area contributed by atoms with Crippen molar-refractivity contribution in [2.24, 2.45) is 0 Å². The highest BCUT2D eigenvalue weighted by Crippen LogP contribution is 2.15. The quantitative estimate of drug-likeness (QED) is 0.573. The first-order chi connectivity index (χ1) is 8.38. The lowest BCUT2D eigenvalue weighted by Crippen LogP contribution is -2.42. The second-order valence-corrected chi connectivity index (χ2v) is 3.63. The van der Waals surface area contributed by atoms with Crippen LogP contribution in [-0.4, -0.2) is 28.8 Å². The molecule has 2 N–H and O–H groups in total. The molecule has 0 bridgehead atoms. The van der Waals surface area contributed by atoms with Crippen LogP contribution in [0, 0.1) is 17.5 Å². The van der Waals surface area contributed by atoms with Crippen molar-refractivity contribution in [3.05, 3.63) is 35.1 Å². The molecule has 1 atom stereocenters. The number of halogens is 3. The maximum absolute atomic E-state index is 13.2. The number of carboxylic acids is 1. The molecular weight excluding hydrogens is 271 g/mol. The second-order valence-electron chi connectivity index (χ2n) is 3.27. The van der Waals surface area contributed by atoms with Gasteiger partial charge in [0.1, 0.15) is 6.04 Å². The van der Waals surface area contributed by atoms with Crippen molar-refractivity contribution in [2.45, 2.75) is 6.04 Å². The van der Waals surface area contributed by atoms with Gasteiger partial charge in [0.15, 0.2) is 17.5 Å². The molecule has 0 aliphatic carbocycles. The largest absolute Gasteiger partial charge is 0.480 e. The third-order valence-electron chi connectivity index (χ3n) is 2.07. The van der Waals surface area contributed by atoms with Crippen LogP contribution in [0.25, 0.3) is 0 Å². The monoisotopic (exact) mass is 279 g/mol. The SMILES string of the molecule is O=C(NC(CS)C(=O)O)c1ccc(F)c(F)c1F. The van der Waals surface area contributed by atoms with Gasteiger partial charge in [-0.25, -0.2) is 18.0 Å². The summed E-state index contributed by atoms with van der Waals surface area (Å²) in [5.41, 5.74) is -0.776. The number of carboxylic acid groups (broad SMARTS) is 1. The molecule has 0 spiro atoms. The van der Waals surface area contributed by atoms with E-state index in [0.29, 0.717) is 6.07 Å². The third kappa shape index (κ3) is 2.95. The fourth-order valence-electron chi connectivity index (χ4n) is 1.12. The zero-order valence-electron chi connectivity index (χ0n) is 8.78. The topological polar surface area (TPSA) is 66.4 Å². The lowest BCUT2D eigenvalue weighted by atomic mass is 10.1. The Kier molecular flexibility index (Phi) is 4.60. The van der Waals surface area contributed by atoms with Gasteiger partial charge in [0.25, 0.3) is 5.91 Å². The number of thiol groups is 1. The van der Waals surface area contributed by atoms with Gasteiger partial charge in [-0.3, -0.25) is 4.79 Å². The standard InChI is InChI=1S/C10H8F3NO3S/c11-5-2-1-4(7(12)8(5)13)9(15)14-6(3-18)10(16)17/h1-2,6,18H,3H2,(H,14,15)(H,16,17). The summed E-state index contributed by atoms with van der Waals surface area (Å²) >= 11 is 3.68. The van der Waals surface area contributed by atoms with Crippen LogP contribution in [0.2, 0.25) is 0 Å². The van der Waals surface area contributed by atoms with E-state index in [1.807, 2.05) is 5.32 Å². The molecular formula is C10H8F3NO3S. The molecule has 1 amide bonds. The Bertz CT molecular complexity index is 496. The van der Waals surface area contributed by atoms with E-state index in [0.717, 1.165) is 6.07 Å². The number of carbonyl (C=O) groups is 2. The summed E-state index contributed by atoms with van der Waals surface area (Å²) in [6.07, 6.45) is 0. The molecule has 0 aliphatic heterocycles. The molecule has 1 unspecified atom stereocenters. The summed E-state index contributed by atoms with van der Waals surface area (Å²) < 4.78 is 38.7. The Morgan fingerprint density at radius 3 is 2.39 bits per heavy atom. The van der Waals surface area contributed by atoms with Gasteiger partial charge in [-0.1, -0.05) is 0 Å². The minimum Gasteiger partial charge on any atom is -0.480 e. The van der Waals surface area contributed by atoms with Gasteiger partial charge in [0.2, 0.25) is 0 Å². The summed E-state index contributed by atoms with van der Waals surface area (Å²) in [6.45, 7) is 0. The Morgan fingerprint density at radius 1 is 1.28 bits per heavy atom. The number of aliphatic carboxylic acids is 1. The summed E-state index contributed by atoms with van der Waals surface area (Å²) in [4.78, 5) is 22.1. The molecule has 18 heavy (non-hydrogen) atoms. The zero-order valence-corrected chi connectivity index (χ0v) is 9.68. The molecule has 0 aliphatic rings. The first-order valence-electron chi connectivity index (χ1n) is 4.66. The Balaban J connectivity index is 2.98. The number of hydrogen-bond donors (Lipinski definition) is 3. The lowest BCUT2D eigenvalue weighted by Gasteiger charge is -2.12. The average Bonchev–Trinajstić information content (AvgIpc) is 2.32. The van der Waals surface area contributed by atoms with Crippen molar-refractivity contribution < 1.29 is 27.9 Å². The van der Waals surface area contributed by atoms with Crippen LogP contribution in [0.3, 0.4) is 0 Å². The Hall–Kier alpha value is -1.70. The number of benzene rings is 1. The maximum atomic E-state index is 13.2. The van der Waals surface area contributed by atoms with Crippen LogP contribution in [0.1, 0.15) is 10.4 Å². The highest BCUT2D eigenvalue weighted by molar-refractivity contribution is 7.80. The van der Waals surface area contributed by atoms with E-state index in [1.54, 1.807) is 0 Å². The van der Waals surface area contributed by atoms with E-state index < -0.39 is 40.9 Å². The van der Waals surface area contributed by atoms with Crippen LogP contribution in [0.4, 0.5) is 13.2 Å². The first-order valence-corrected chi connectivity index (χ1v) is 5.29. The predicted molar refractivity (Wildman–Crippen MR) is 59.1 cm³/mol. The number of carbonyl (C=O) groups excluding carboxylic acids is 1. The van der Waals surface area contributed by atoms with Gasteiger partial charge in [0, 0.05) is 5.75 Å². The number of nitrogens with one attached hydrogen (secondary N) is 1. The van der Waals surface area contributed by atoms with Gasteiger partial charge in [0.05, 0.1) is 5.56 Å². The molecule has 0 aromatic heterocycles. The van der Waals surface area contributed by atoms with Crippen molar-refractivity contribution >= 4 is 24.5 Å². The van der Waals surface area contributed by atoms with Gasteiger partial charge in [-0.15, -0.1) is 0 Å². The molecule has 4 nitrogen and oxygen atoms in total. The van der Waals surface area contributed by atoms with Crippen molar-refractivity contribution in [3.8, 4) is 0 Å². The van der Waals surface area contributed by atoms with Crippen LogP contribution in [0.5, 0.6) is 0 Å². The Labute approximate surface area is 105 Å². The molecule has 0 fully saturated rings. The van der Waals surface area contributed by atoms with Gasteiger partial charge >= 0.3 is 5.97 Å². The lowest BCUT2D eigenvalue weighted by molar-refractivity contribution is -0.138. The minimum absolute atomic E-state index is 0.230. The van der Waals surface area contributed by atoms with E-state index in [-0.39, 0.29) is 5.75 Å². The van der Waals surface area contributed by atoms with Crippen molar-refractivity contribution in [1.82, 2.24) is 5.32 Å². The van der Waals surface area contributed by atoms with E-state index in [4.69, 9.17) is 5.11 Å². The van der Waals surface area contributed by atoms with Gasteiger partial charge < -0.3 is 10.4 Å². The number of amides is 1. The molecule has 0 saturated heterocycles. The fraction of sp³-hybridized carbons (Fsp3) is 0.200. The molecule has 0 heterocycles. The summed E-state index contributed by atoms with van der Waals surface area (Å²) in [5.74, 6) is -7.66. The molecule has 0 saturated carbocycles. The summed E-state index contributed by atoms with van der Waals surface area (Å²) in [6, 6.07) is -0.0574. The van der Waals surface area contributed by atoms with E-state index in [2.05, 4.69) is 12.6 Å². The molecule has 1 aromatic carbocycles. The maximum Gasteiger partial charge on any atom is 0.327 e. The highest BCUT2D eigenvalue weighted by Gasteiger charge is 2.23. The molecule has 1 aromatic rings. The van der Waals surface area contributed by atoms with Crippen LogP contribution in [-0.2, 0) is 4.79 Å². The third-order valence-corrected chi connectivity index (χ3v) is 2.43. The number of rotatable bonds is 4. The van der Waals surface area contributed by atoms with Gasteiger partial charge in [-0.2, -0.15) is 12.6 Å². The first kappa shape index (κ1) is 14.4. The van der Waals surface area contributed by atoms with Crippen LogP contribution >= 0.6 is 12.6 Å². The highest BCUT2D eigenvalue weighted by atomic mass is 32.1. The minimum atomic E-state index is -1.79. The fourth-order valence-corrected chi connectivity index (χ4v) is 1.37. The Morgan fingerprint density at radius 2 is 1.89 bits per heavy atom. The predicted octanol–water partition coefficient (Wildman–Crippen LogP) is 1.22. The van der Waals surface area contributed by atoms with E-state index in [1.165, 1.54) is 0 Å². The summed E-state index contributed by atoms with van der Waals surface area (Å²) in [7, 11) is 0. The van der Waals surface area contributed by atoms with Crippen LogP contribution < -0.4 is 5.32 Å². The molecule has 98 valence electrons. The average molecular weight is 279 g/mol. The molecule has 8 heteroatoms. The zero-order chi connectivity index (χ0) is 13.9. The van der Waals surface area contributed by atoms with E-state index in [9.17, 15) is 22.8 Å². The smallest absolute Gasteiger partial charge is 0.327 e. The van der Waals surface area contributed by atoms with Crippen molar-refractivity contribution in [2.75, 3.05) is 5.75 Å². The number of hydrogen-bond acceptors (Lipinski definition) is 3. The second kappa shape index (κ2) is 5.76. The van der Waals surface area contributed by atoms with Gasteiger partial charge in [-0.05, 0) is 12.1 Å². The van der Waals surface area contributed by atoms with E-state index >= 15 is 0 Å². The summed E-state index contributed by atoms with van der Waals surface area (Å²) in [5, 5.41) is 10.6. The molecule has 0 radical (unpaired) electrons. The normalized spacial score (nSPS) is 12.0. The molecule has 1 rings (SSSR count). The van der Waals surface area contributed by atoms with Crippen molar-refractivity contribution in [3.63, 3.8) is 0 Å².